The maximum atomic E-state index is 5.21. The highest BCUT2D eigenvalue weighted by Crippen LogP contribution is 2.59. The second kappa shape index (κ2) is 10.4. The molecule has 0 aromatic heterocycles. The Balaban J connectivity index is 1.78. The second-order valence-electron chi connectivity index (χ2n) is 11.0. The Morgan fingerprint density at radius 2 is 1.59 bits per heavy atom. The van der Waals surface area contributed by atoms with Crippen LogP contribution in [0.15, 0.2) is 0 Å². The van der Waals surface area contributed by atoms with Crippen molar-refractivity contribution in [3.63, 3.8) is 0 Å². The Bertz CT molecular complexity index is 430. The van der Waals surface area contributed by atoms with Crippen LogP contribution in [0.2, 0.25) is 0 Å². The predicted octanol–water partition coefficient (Wildman–Crippen LogP) is 8.65. The molecule has 8 unspecified atom stereocenters. The van der Waals surface area contributed by atoms with Crippen molar-refractivity contribution in [3.8, 4) is 0 Å². The molecule has 0 N–H and O–H groups in total. The highest BCUT2D eigenvalue weighted by molar-refractivity contribution is 7.81. The van der Waals surface area contributed by atoms with Crippen LogP contribution in [0.4, 0.5) is 0 Å². The molecule has 0 radical (unpaired) electrons. The minimum absolute atomic E-state index is 0.358. The SMILES string of the molecule is CCC(CCCCCC(CC)C1CC2(S)CC1C(C)CC2C)C(C)C(C)C. The Morgan fingerprint density at radius 3 is 2.19 bits per heavy atom. The van der Waals surface area contributed by atoms with Gasteiger partial charge in [0.1, 0.15) is 0 Å². The molecule has 2 aliphatic rings. The summed E-state index contributed by atoms with van der Waals surface area (Å²) < 4.78 is 0.358. The maximum Gasteiger partial charge on any atom is 0.0161 e. The molecule has 0 amide bonds. The molecule has 160 valence electrons. The minimum atomic E-state index is 0.358. The molecule has 0 nitrogen and oxygen atoms in total. The van der Waals surface area contributed by atoms with E-state index in [0.29, 0.717) is 4.75 Å². The maximum absolute atomic E-state index is 5.21. The van der Waals surface area contributed by atoms with Crippen LogP contribution in [-0.4, -0.2) is 4.75 Å². The molecular weight excluding hydrogens is 344 g/mol. The van der Waals surface area contributed by atoms with E-state index in [0.717, 1.165) is 47.3 Å². The summed E-state index contributed by atoms with van der Waals surface area (Å²) in [4.78, 5) is 0. The molecule has 2 saturated carbocycles. The molecule has 0 spiro atoms. The van der Waals surface area contributed by atoms with E-state index < -0.39 is 0 Å². The van der Waals surface area contributed by atoms with Crippen LogP contribution < -0.4 is 0 Å². The van der Waals surface area contributed by atoms with E-state index in [1.807, 2.05) is 0 Å². The minimum Gasteiger partial charge on any atom is -0.172 e. The zero-order valence-electron chi connectivity index (χ0n) is 19.6. The fraction of sp³-hybridized carbons (Fsp3) is 1.00. The number of unbranched alkanes of at least 4 members (excludes halogenated alkanes) is 2. The van der Waals surface area contributed by atoms with Gasteiger partial charge in [0.25, 0.3) is 0 Å². The topological polar surface area (TPSA) is 0 Å². The lowest BCUT2D eigenvalue weighted by atomic mass is 9.71. The monoisotopic (exact) mass is 394 g/mol. The largest absolute Gasteiger partial charge is 0.172 e. The zero-order valence-corrected chi connectivity index (χ0v) is 20.5. The molecule has 27 heavy (non-hydrogen) atoms. The summed E-state index contributed by atoms with van der Waals surface area (Å²) in [6.07, 6.45) is 14.2. The summed E-state index contributed by atoms with van der Waals surface area (Å²) in [7, 11) is 0. The van der Waals surface area contributed by atoms with Crippen LogP contribution in [0.3, 0.4) is 0 Å². The summed E-state index contributed by atoms with van der Waals surface area (Å²) in [5.74, 6) is 7.25. The molecule has 2 fully saturated rings. The molecule has 0 aliphatic heterocycles. The standard InChI is InChI=1S/C26H50S/c1-8-22(21(7)18(3)4)13-11-10-12-14-23(9-2)25-17-26(27)16-24(25)19(5)15-20(26)6/h18-25,27H,8-17H2,1-7H3. The van der Waals surface area contributed by atoms with Gasteiger partial charge in [-0.05, 0) is 66.6 Å². The molecule has 0 aromatic carbocycles. The van der Waals surface area contributed by atoms with Crippen LogP contribution in [0.1, 0.15) is 113 Å². The Labute approximate surface area is 177 Å². The van der Waals surface area contributed by atoms with Crippen molar-refractivity contribution in [1.82, 2.24) is 0 Å². The number of hydrogen-bond acceptors (Lipinski definition) is 1. The quantitative estimate of drug-likeness (QED) is 0.263. The first kappa shape index (κ1) is 23.6. The molecule has 0 aromatic rings. The van der Waals surface area contributed by atoms with Gasteiger partial charge in [-0.1, -0.05) is 93.4 Å². The van der Waals surface area contributed by atoms with Gasteiger partial charge < -0.3 is 0 Å². The third-order valence-corrected chi connectivity index (χ3v) is 10.0. The van der Waals surface area contributed by atoms with E-state index in [1.165, 1.54) is 64.2 Å². The van der Waals surface area contributed by atoms with Crippen molar-refractivity contribution >= 4 is 12.6 Å². The van der Waals surface area contributed by atoms with Gasteiger partial charge in [0.15, 0.2) is 0 Å². The fourth-order valence-corrected chi connectivity index (χ4v) is 7.32. The van der Waals surface area contributed by atoms with E-state index >= 15 is 0 Å². The van der Waals surface area contributed by atoms with Crippen molar-refractivity contribution in [2.75, 3.05) is 0 Å². The van der Waals surface area contributed by atoms with Crippen molar-refractivity contribution in [1.29, 1.82) is 0 Å². The van der Waals surface area contributed by atoms with Crippen molar-refractivity contribution in [2.45, 2.75) is 117 Å². The molecule has 2 aliphatic carbocycles. The first-order valence-electron chi connectivity index (χ1n) is 12.5. The summed E-state index contributed by atoms with van der Waals surface area (Å²) in [5.41, 5.74) is 0. The highest BCUT2D eigenvalue weighted by atomic mass is 32.1. The van der Waals surface area contributed by atoms with Crippen LogP contribution in [0, 0.1) is 47.3 Å². The molecule has 1 heteroatoms. The van der Waals surface area contributed by atoms with Gasteiger partial charge in [-0.15, -0.1) is 0 Å². The average molecular weight is 395 g/mol. The third kappa shape index (κ3) is 5.70. The van der Waals surface area contributed by atoms with Gasteiger partial charge in [-0.25, -0.2) is 0 Å². The van der Waals surface area contributed by atoms with Crippen LogP contribution >= 0.6 is 12.6 Å². The number of fused-ring (bicyclic) bond motifs is 2. The molecule has 2 rings (SSSR count). The van der Waals surface area contributed by atoms with Crippen LogP contribution in [-0.2, 0) is 0 Å². The summed E-state index contributed by atoms with van der Waals surface area (Å²) in [6, 6.07) is 0. The molecule has 2 bridgehead atoms. The lowest BCUT2D eigenvalue weighted by Gasteiger charge is -2.39. The zero-order chi connectivity index (χ0) is 20.2. The predicted molar refractivity (Wildman–Crippen MR) is 126 cm³/mol. The van der Waals surface area contributed by atoms with Gasteiger partial charge in [0, 0.05) is 4.75 Å². The summed E-state index contributed by atoms with van der Waals surface area (Å²) >= 11 is 5.21. The lowest BCUT2D eigenvalue weighted by molar-refractivity contribution is 0.159. The van der Waals surface area contributed by atoms with E-state index in [1.54, 1.807) is 0 Å². The Hall–Kier alpha value is 0.350. The van der Waals surface area contributed by atoms with Crippen molar-refractivity contribution in [3.05, 3.63) is 0 Å². The van der Waals surface area contributed by atoms with Crippen molar-refractivity contribution < 1.29 is 0 Å². The van der Waals surface area contributed by atoms with Crippen LogP contribution in [0.25, 0.3) is 0 Å². The summed E-state index contributed by atoms with van der Waals surface area (Å²) in [5, 5.41) is 0. The van der Waals surface area contributed by atoms with Gasteiger partial charge in [-0.3, -0.25) is 0 Å². The van der Waals surface area contributed by atoms with Gasteiger partial charge in [-0.2, -0.15) is 12.6 Å². The first-order chi connectivity index (χ1) is 12.7. The van der Waals surface area contributed by atoms with E-state index in [-0.39, 0.29) is 0 Å². The molecule has 8 atom stereocenters. The number of hydrogen-bond donors (Lipinski definition) is 1. The fourth-order valence-electron chi connectivity index (χ4n) is 6.79. The van der Waals surface area contributed by atoms with E-state index in [4.69, 9.17) is 12.6 Å². The first-order valence-corrected chi connectivity index (χ1v) is 12.9. The van der Waals surface area contributed by atoms with E-state index in [9.17, 15) is 0 Å². The van der Waals surface area contributed by atoms with E-state index in [2.05, 4.69) is 48.5 Å². The normalized spacial score (nSPS) is 36.8. The Morgan fingerprint density at radius 1 is 0.926 bits per heavy atom. The number of thiol groups is 1. The Kier molecular flexibility index (Phi) is 9.10. The highest BCUT2D eigenvalue weighted by Gasteiger charge is 2.53. The average Bonchev–Trinajstić information content (AvgIpc) is 2.95. The lowest BCUT2D eigenvalue weighted by Crippen LogP contribution is -2.34. The molecule has 0 saturated heterocycles. The third-order valence-electron chi connectivity index (χ3n) is 9.20. The van der Waals surface area contributed by atoms with Gasteiger partial charge in [0.05, 0.1) is 0 Å². The van der Waals surface area contributed by atoms with Crippen molar-refractivity contribution in [2.24, 2.45) is 47.3 Å². The number of rotatable bonds is 11. The van der Waals surface area contributed by atoms with Gasteiger partial charge in [0.2, 0.25) is 0 Å². The van der Waals surface area contributed by atoms with Gasteiger partial charge >= 0.3 is 0 Å². The van der Waals surface area contributed by atoms with Crippen LogP contribution in [0.5, 0.6) is 0 Å². The summed E-state index contributed by atoms with van der Waals surface area (Å²) in [6.45, 7) is 17.1. The molecule has 0 heterocycles. The second-order valence-corrected chi connectivity index (χ2v) is 11.9. The molecular formula is C26H50S. The smallest absolute Gasteiger partial charge is 0.0161 e.